The normalized spacial score (nSPS) is 14.9. The third kappa shape index (κ3) is 2.50. The van der Waals surface area contributed by atoms with Crippen molar-refractivity contribution in [3.05, 3.63) is 45.8 Å². The average molecular weight is 310 g/mol. The van der Waals surface area contributed by atoms with Crippen molar-refractivity contribution >= 4 is 27.5 Å². The van der Waals surface area contributed by atoms with E-state index in [2.05, 4.69) is 25.9 Å². The first-order chi connectivity index (χ1) is 8.22. The Labute approximate surface area is 113 Å². The van der Waals surface area contributed by atoms with Crippen LogP contribution in [0, 0.1) is 0 Å². The van der Waals surface area contributed by atoms with Crippen LogP contribution in [-0.2, 0) is 0 Å². The molecule has 1 aliphatic rings. The standard InChI is InChI=1S/C13H10BrClN2/c14-10-3-1-2-9(6-10)11-7-12(15)17-13(16-11)8-4-5-8/h1-3,6-8H,4-5H2. The van der Waals surface area contributed by atoms with E-state index in [1.165, 1.54) is 12.8 Å². The Kier molecular flexibility index (Phi) is 2.89. The quantitative estimate of drug-likeness (QED) is 0.767. The van der Waals surface area contributed by atoms with Gasteiger partial charge in [0.15, 0.2) is 0 Å². The summed E-state index contributed by atoms with van der Waals surface area (Å²) in [5, 5.41) is 0.525. The van der Waals surface area contributed by atoms with Gasteiger partial charge < -0.3 is 0 Å². The van der Waals surface area contributed by atoms with E-state index in [1.807, 2.05) is 30.3 Å². The Hall–Kier alpha value is -0.930. The van der Waals surface area contributed by atoms with Crippen LogP contribution >= 0.6 is 27.5 Å². The summed E-state index contributed by atoms with van der Waals surface area (Å²) in [6.07, 6.45) is 2.36. The summed E-state index contributed by atoms with van der Waals surface area (Å²) < 4.78 is 1.04. The van der Waals surface area contributed by atoms with Gasteiger partial charge in [-0.3, -0.25) is 0 Å². The molecule has 1 aromatic heterocycles. The SMILES string of the molecule is Clc1cc(-c2cccc(Br)c2)nc(C2CC2)n1. The monoisotopic (exact) mass is 308 g/mol. The van der Waals surface area contributed by atoms with E-state index in [0.29, 0.717) is 11.1 Å². The van der Waals surface area contributed by atoms with Crippen LogP contribution < -0.4 is 0 Å². The molecule has 0 atom stereocenters. The van der Waals surface area contributed by atoms with E-state index in [9.17, 15) is 0 Å². The molecule has 1 heterocycles. The zero-order valence-electron chi connectivity index (χ0n) is 9.03. The van der Waals surface area contributed by atoms with Crippen molar-refractivity contribution in [1.29, 1.82) is 0 Å². The van der Waals surface area contributed by atoms with Gasteiger partial charge in [-0.05, 0) is 25.0 Å². The molecule has 1 aliphatic carbocycles. The van der Waals surface area contributed by atoms with Gasteiger partial charge in [0.05, 0.1) is 5.69 Å². The molecule has 1 aromatic carbocycles. The van der Waals surface area contributed by atoms with Crippen LogP contribution in [0.1, 0.15) is 24.6 Å². The summed E-state index contributed by atoms with van der Waals surface area (Å²) in [4.78, 5) is 8.88. The first kappa shape index (κ1) is 11.2. The van der Waals surface area contributed by atoms with Gasteiger partial charge in [0, 0.05) is 22.0 Å². The predicted octanol–water partition coefficient (Wildman–Crippen LogP) is 4.44. The van der Waals surface area contributed by atoms with Crippen LogP contribution in [0.5, 0.6) is 0 Å². The molecule has 3 rings (SSSR count). The van der Waals surface area contributed by atoms with Gasteiger partial charge in [0.2, 0.25) is 0 Å². The van der Waals surface area contributed by atoms with Gasteiger partial charge >= 0.3 is 0 Å². The van der Waals surface area contributed by atoms with Crippen molar-refractivity contribution in [3.8, 4) is 11.3 Å². The maximum Gasteiger partial charge on any atom is 0.133 e. The molecular formula is C13H10BrClN2. The molecule has 0 amide bonds. The zero-order valence-corrected chi connectivity index (χ0v) is 11.4. The molecule has 17 heavy (non-hydrogen) atoms. The number of nitrogens with zero attached hydrogens (tertiary/aromatic N) is 2. The summed E-state index contributed by atoms with van der Waals surface area (Å²) in [6.45, 7) is 0. The first-order valence-corrected chi connectivity index (χ1v) is 6.70. The molecule has 0 unspecified atom stereocenters. The summed E-state index contributed by atoms with van der Waals surface area (Å²) in [5.41, 5.74) is 1.96. The van der Waals surface area contributed by atoms with Crippen molar-refractivity contribution < 1.29 is 0 Å². The van der Waals surface area contributed by atoms with E-state index in [0.717, 1.165) is 21.6 Å². The third-order valence-corrected chi connectivity index (χ3v) is 3.46. The molecule has 0 saturated heterocycles. The van der Waals surface area contributed by atoms with Crippen molar-refractivity contribution in [2.75, 3.05) is 0 Å². The molecule has 2 aromatic rings. The second-order valence-electron chi connectivity index (χ2n) is 4.22. The summed E-state index contributed by atoms with van der Waals surface area (Å²) in [7, 11) is 0. The van der Waals surface area contributed by atoms with Gasteiger partial charge in [-0.25, -0.2) is 9.97 Å². The second-order valence-corrected chi connectivity index (χ2v) is 5.52. The van der Waals surface area contributed by atoms with Crippen molar-refractivity contribution in [1.82, 2.24) is 9.97 Å². The van der Waals surface area contributed by atoms with Gasteiger partial charge in [-0.2, -0.15) is 0 Å². The van der Waals surface area contributed by atoms with E-state index in [-0.39, 0.29) is 0 Å². The molecular weight excluding hydrogens is 300 g/mol. The predicted molar refractivity (Wildman–Crippen MR) is 72.2 cm³/mol. The van der Waals surface area contributed by atoms with Gasteiger partial charge in [0.1, 0.15) is 11.0 Å². The number of rotatable bonds is 2. The van der Waals surface area contributed by atoms with Crippen LogP contribution in [0.4, 0.5) is 0 Å². The fourth-order valence-electron chi connectivity index (χ4n) is 1.76. The Bertz CT molecular complexity index is 567. The lowest BCUT2D eigenvalue weighted by Crippen LogP contribution is -1.95. The highest BCUT2D eigenvalue weighted by Crippen LogP contribution is 2.39. The van der Waals surface area contributed by atoms with Gasteiger partial charge in [-0.1, -0.05) is 39.7 Å². The molecule has 0 radical (unpaired) electrons. The summed E-state index contributed by atoms with van der Waals surface area (Å²) in [6, 6.07) is 9.87. The van der Waals surface area contributed by atoms with E-state index in [1.54, 1.807) is 0 Å². The lowest BCUT2D eigenvalue weighted by Gasteiger charge is -2.05. The number of benzene rings is 1. The minimum absolute atomic E-state index is 0.514. The molecule has 0 spiro atoms. The van der Waals surface area contributed by atoms with Crippen LogP contribution in [0.3, 0.4) is 0 Å². The minimum atomic E-state index is 0.514. The van der Waals surface area contributed by atoms with Crippen molar-refractivity contribution in [2.24, 2.45) is 0 Å². The zero-order chi connectivity index (χ0) is 11.8. The molecule has 1 fully saturated rings. The lowest BCUT2D eigenvalue weighted by molar-refractivity contribution is 0.931. The molecule has 0 N–H and O–H groups in total. The maximum atomic E-state index is 6.05. The highest BCUT2D eigenvalue weighted by molar-refractivity contribution is 9.10. The Morgan fingerprint density at radius 2 is 2.00 bits per heavy atom. The van der Waals surface area contributed by atoms with E-state index in [4.69, 9.17) is 11.6 Å². The van der Waals surface area contributed by atoms with Gasteiger partial charge in [-0.15, -0.1) is 0 Å². The third-order valence-electron chi connectivity index (χ3n) is 2.78. The fraction of sp³-hybridized carbons (Fsp3) is 0.231. The number of hydrogen-bond acceptors (Lipinski definition) is 2. The second kappa shape index (κ2) is 4.39. The van der Waals surface area contributed by atoms with Crippen LogP contribution in [0.2, 0.25) is 5.15 Å². The number of hydrogen-bond donors (Lipinski definition) is 0. The Morgan fingerprint density at radius 1 is 1.18 bits per heavy atom. The van der Waals surface area contributed by atoms with E-state index >= 15 is 0 Å². The highest BCUT2D eigenvalue weighted by Gasteiger charge is 2.27. The maximum absolute atomic E-state index is 6.05. The van der Waals surface area contributed by atoms with Crippen molar-refractivity contribution in [2.45, 2.75) is 18.8 Å². The van der Waals surface area contributed by atoms with Crippen LogP contribution in [0.25, 0.3) is 11.3 Å². The van der Waals surface area contributed by atoms with Crippen LogP contribution in [-0.4, -0.2) is 9.97 Å². The molecule has 4 heteroatoms. The molecule has 0 aliphatic heterocycles. The van der Waals surface area contributed by atoms with Crippen molar-refractivity contribution in [3.63, 3.8) is 0 Å². The Balaban J connectivity index is 2.07. The summed E-state index contributed by atoms with van der Waals surface area (Å²) in [5.74, 6) is 1.40. The molecule has 86 valence electrons. The number of halogens is 2. The van der Waals surface area contributed by atoms with E-state index < -0.39 is 0 Å². The fourth-order valence-corrected chi connectivity index (χ4v) is 2.34. The Morgan fingerprint density at radius 3 is 2.71 bits per heavy atom. The molecule has 2 nitrogen and oxygen atoms in total. The first-order valence-electron chi connectivity index (χ1n) is 5.53. The topological polar surface area (TPSA) is 25.8 Å². The average Bonchev–Trinajstić information content (AvgIpc) is 3.12. The smallest absolute Gasteiger partial charge is 0.133 e. The van der Waals surface area contributed by atoms with Crippen LogP contribution in [0.15, 0.2) is 34.8 Å². The molecule has 0 bridgehead atoms. The molecule has 1 saturated carbocycles. The number of aromatic nitrogens is 2. The lowest BCUT2D eigenvalue weighted by atomic mass is 10.1. The summed E-state index contributed by atoms with van der Waals surface area (Å²) >= 11 is 9.51. The minimum Gasteiger partial charge on any atom is -0.232 e. The largest absolute Gasteiger partial charge is 0.232 e. The van der Waals surface area contributed by atoms with Gasteiger partial charge in [0.25, 0.3) is 0 Å². The highest BCUT2D eigenvalue weighted by atomic mass is 79.9.